The van der Waals surface area contributed by atoms with Crippen molar-refractivity contribution in [3.8, 4) is 11.5 Å². The minimum absolute atomic E-state index is 0.266. The molecule has 1 aromatic heterocycles. The summed E-state index contributed by atoms with van der Waals surface area (Å²) in [5, 5.41) is 8.27. The molecule has 150 valence electrons. The van der Waals surface area contributed by atoms with Crippen LogP contribution in [0.2, 0.25) is 0 Å². The highest BCUT2D eigenvalue weighted by atomic mass is 19.1. The Kier molecular flexibility index (Phi) is 6.08. The molecule has 0 radical (unpaired) electrons. The molecule has 0 bridgehead atoms. The smallest absolute Gasteiger partial charge is 0.324 e. The summed E-state index contributed by atoms with van der Waals surface area (Å²) < 4.78 is 24.0. The van der Waals surface area contributed by atoms with Gasteiger partial charge in [0.15, 0.2) is 0 Å². The lowest BCUT2D eigenvalue weighted by Crippen LogP contribution is -2.20. The van der Waals surface area contributed by atoms with Gasteiger partial charge in [-0.3, -0.25) is 5.32 Å². The molecule has 0 unspecified atom stereocenters. The van der Waals surface area contributed by atoms with Crippen LogP contribution in [0.5, 0.6) is 11.5 Å². The Balaban J connectivity index is 1.68. The Morgan fingerprint density at radius 3 is 2.24 bits per heavy atom. The zero-order valence-electron chi connectivity index (χ0n) is 16.1. The van der Waals surface area contributed by atoms with Gasteiger partial charge in [0.1, 0.15) is 35.3 Å². The fraction of sp³-hybridized carbons (Fsp3) is 0.150. The Labute approximate surface area is 167 Å². The molecule has 0 aliphatic carbocycles. The highest BCUT2D eigenvalue weighted by Crippen LogP contribution is 2.26. The standard InChI is InChI=1S/C20H20FN5O3/c1-12-4-5-13(8-17(12)21)24-18-10-19(23-11-22-18)26-20(27)25-14-6-15(28-2)9-16(7-14)29-3/h4-11H,1-3H3,(H3,22,23,24,25,26,27). The number of anilines is 4. The van der Waals surface area contributed by atoms with Crippen molar-refractivity contribution in [2.45, 2.75) is 6.92 Å². The van der Waals surface area contributed by atoms with Gasteiger partial charge >= 0.3 is 6.03 Å². The molecule has 0 aliphatic heterocycles. The van der Waals surface area contributed by atoms with Gasteiger partial charge in [0, 0.05) is 35.6 Å². The van der Waals surface area contributed by atoms with E-state index in [-0.39, 0.29) is 11.6 Å². The first-order valence-corrected chi connectivity index (χ1v) is 8.63. The molecule has 0 fully saturated rings. The predicted octanol–water partition coefficient (Wildman–Crippen LogP) is 4.33. The zero-order valence-corrected chi connectivity index (χ0v) is 16.1. The summed E-state index contributed by atoms with van der Waals surface area (Å²) in [4.78, 5) is 20.4. The van der Waals surface area contributed by atoms with Crippen LogP contribution >= 0.6 is 0 Å². The molecule has 2 aromatic carbocycles. The Morgan fingerprint density at radius 2 is 1.59 bits per heavy atom. The van der Waals surface area contributed by atoms with Crippen LogP contribution in [0.4, 0.5) is 32.2 Å². The molecule has 1 heterocycles. The van der Waals surface area contributed by atoms with Gasteiger partial charge < -0.3 is 20.1 Å². The van der Waals surface area contributed by atoms with Crippen LogP contribution < -0.4 is 25.4 Å². The van der Waals surface area contributed by atoms with E-state index in [1.807, 2.05) is 0 Å². The summed E-state index contributed by atoms with van der Waals surface area (Å²) in [6, 6.07) is 10.8. The number of aryl methyl sites for hydroxylation is 1. The topological polar surface area (TPSA) is 97.4 Å². The fourth-order valence-electron chi connectivity index (χ4n) is 2.47. The molecule has 8 nitrogen and oxygen atoms in total. The molecule has 29 heavy (non-hydrogen) atoms. The van der Waals surface area contributed by atoms with Gasteiger partial charge in [-0.1, -0.05) is 6.07 Å². The number of amides is 2. The molecule has 2 amide bonds. The van der Waals surface area contributed by atoms with E-state index in [0.717, 1.165) is 0 Å². The van der Waals surface area contributed by atoms with Crippen LogP contribution in [0.25, 0.3) is 0 Å². The molecule has 0 saturated carbocycles. The SMILES string of the molecule is COc1cc(NC(=O)Nc2cc(Nc3ccc(C)c(F)c3)ncn2)cc(OC)c1. The van der Waals surface area contributed by atoms with E-state index in [0.29, 0.717) is 34.3 Å². The molecular weight excluding hydrogens is 377 g/mol. The Bertz CT molecular complexity index is 1010. The lowest BCUT2D eigenvalue weighted by atomic mass is 10.2. The number of ether oxygens (including phenoxy) is 2. The van der Waals surface area contributed by atoms with E-state index in [9.17, 15) is 9.18 Å². The lowest BCUT2D eigenvalue weighted by Gasteiger charge is -2.11. The Hall–Kier alpha value is -3.88. The zero-order chi connectivity index (χ0) is 20.8. The second kappa shape index (κ2) is 8.87. The third-order valence-corrected chi connectivity index (χ3v) is 3.96. The first-order valence-electron chi connectivity index (χ1n) is 8.63. The minimum atomic E-state index is -0.508. The summed E-state index contributed by atoms with van der Waals surface area (Å²) in [6.45, 7) is 1.68. The van der Waals surface area contributed by atoms with Gasteiger partial charge in [0.05, 0.1) is 14.2 Å². The van der Waals surface area contributed by atoms with Gasteiger partial charge in [0.25, 0.3) is 0 Å². The number of rotatable bonds is 6. The summed E-state index contributed by atoms with van der Waals surface area (Å²) >= 11 is 0. The second-order valence-electron chi connectivity index (χ2n) is 6.06. The predicted molar refractivity (Wildman–Crippen MR) is 109 cm³/mol. The van der Waals surface area contributed by atoms with E-state index in [1.54, 1.807) is 37.3 Å². The van der Waals surface area contributed by atoms with Crippen molar-refractivity contribution in [2.75, 3.05) is 30.2 Å². The van der Waals surface area contributed by atoms with Crippen molar-refractivity contribution in [3.05, 3.63) is 60.2 Å². The summed E-state index contributed by atoms with van der Waals surface area (Å²) in [6.07, 6.45) is 1.29. The van der Waals surface area contributed by atoms with E-state index in [2.05, 4.69) is 25.9 Å². The second-order valence-corrected chi connectivity index (χ2v) is 6.06. The number of benzene rings is 2. The maximum absolute atomic E-state index is 13.7. The molecule has 0 aliphatic rings. The quantitative estimate of drug-likeness (QED) is 0.573. The maximum atomic E-state index is 13.7. The largest absolute Gasteiger partial charge is 0.497 e. The molecule has 3 rings (SSSR count). The van der Waals surface area contributed by atoms with Crippen molar-refractivity contribution in [1.29, 1.82) is 0 Å². The van der Waals surface area contributed by atoms with Gasteiger partial charge in [-0.2, -0.15) is 0 Å². The van der Waals surface area contributed by atoms with Crippen LogP contribution in [0.1, 0.15) is 5.56 Å². The number of carbonyl (C=O) groups excluding carboxylic acids is 1. The van der Waals surface area contributed by atoms with Crippen molar-refractivity contribution in [1.82, 2.24) is 9.97 Å². The molecule has 3 aromatic rings. The van der Waals surface area contributed by atoms with E-state index < -0.39 is 6.03 Å². The van der Waals surface area contributed by atoms with Crippen LogP contribution in [-0.4, -0.2) is 30.2 Å². The molecule has 3 N–H and O–H groups in total. The number of hydrogen-bond acceptors (Lipinski definition) is 6. The minimum Gasteiger partial charge on any atom is -0.497 e. The van der Waals surface area contributed by atoms with Crippen LogP contribution in [0.15, 0.2) is 48.8 Å². The molecule has 0 spiro atoms. The van der Waals surface area contributed by atoms with Crippen molar-refractivity contribution in [2.24, 2.45) is 0 Å². The summed E-state index contributed by atoms with van der Waals surface area (Å²) in [5.74, 6) is 1.43. The highest BCUT2D eigenvalue weighted by Gasteiger charge is 2.08. The fourth-order valence-corrected chi connectivity index (χ4v) is 2.47. The monoisotopic (exact) mass is 397 g/mol. The number of carbonyl (C=O) groups is 1. The number of hydrogen-bond donors (Lipinski definition) is 3. The summed E-state index contributed by atoms with van der Waals surface area (Å²) in [5.41, 5.74) is 1.57. The van der Waals surface area contributed by atoms with Crippen LogP contribution in [0, 0.1) is 12.7 Å². The molecular formula is C20H20FN5O3. The van der Waals surface area contributed by atoms with Gasteiger partial charge in [-0.05, 0) is 24.6 Å². The van der Waals surface area contributed by atoms with Crippen molar-refractivity contribution in [3.63, 3.8) is 0 Å². The maximum Gasteiger partial charge on any atom is 0.324 e. The lowest BCUT2D eigenvalue weighted by molar-refractivity contribution is 0.262. The summed E-state index contributed by atoms with van der Waals surface area (Å²) in [7, 11) is 3.04. The number of urea groups is 1. The van der Waals surface area contributed by atoms with Gasteiger partial charge in [-0.25, -0.2) is 19.2 Å². The number of nitrogens with zero attached hydrogens (tertiary/aromatic N) is 2. The normalized spacial score (nSPS) is 10.2. The van der Waals surface area contributed by atoms with E-state index in [1.165, 1.54) is 32.7 Å². The van der Waals surface area contributed by atoms with E-state index in [4.69, 9.17) is 9.47 Å². The number of nitrogens with one attached hydrogen (secondary N) is 3. The molecule has 0 atom stereocenters. The molecule has 9 heteroatoms. The van der Waals surface area contributed by atoms with Crippen molar-refractivity contribution < 1.29 is 18.7 Å². The average Bonchev–Trinajstić information content (AvgIpc) is 2.70. The van der Waals surface area contributed by atoms with Crippen molar-refractivity contribution >= 4 is 29.0 Å². The first kappa shape index (κ1) is 19.9. The van der Waals surface area contributed by atoms with E-state index >= 15 is 0 Å². The first-order chi connectivity index (χ1) is 14.0. The third-order valence-electron chi connectivity index (χ3n) is 3.96. The Morgan fingerprint density at radius 1 is 0.897 bits per heavy atom. The highest BCUT2D eigenvalue weighted by molar-refractivity contribution is 5.99. The third kappa shape index (κ3) is 5.32. The number of aromatic nitrogens is 2. The van der Waals surface area contributed by atoms with Crippen LogP contribution in [-0.2, 0) is 0 Å². The van der Waals surface area contributed by atoms with Gasteiger partial charge in [0.2, 0.25) is 0 Å². The number of halogens is 1. The molecule has 0 saturated heterocycles. The number of methoxy groups -OCH3 is 2. The van der Waals surface area contributed by atoms with Gasteiger partial charge in [-0.15, -0.1) is 0 Å². The average molecular weight is 397 g/mol. The van der Waals surface area contributed by atoms with Crippen LogP contribution in [0.3, 0.4) is 0 Å².